The number of carbonyl (C=O) groups is 2. The lowest BCUT2D eigenvalue weighted by molar-refractivity contribution is 0.0950. The van der Waals surface area contributed by atoms with E-state index in [9.17, 15) is 9.59 Å². The number of hydrogen-bond acceptors (Lipinski definition) is 6. The molecule has 0 unspecified atom stereocenters. The Labute approximate surface area is 210 Å². The molecule has 1 aliphatic heterocycles. The first-order valence-electron chi connectivity index (χ1n) is 11.7. The molecule has 0 aromatic heterocycles. The average molecular weight is 486 g/mol. The molecule has 0 spiro atoms. The smallest absolute Gasteiger partial charge is 0.255 e. The number of fused-ring (bicyclic) bond motifs is 1. The lowest BCUT2D eigenvalue weighted by atomic mass is 9.99. The number of hydrazone groups is 1. The van der Waals surface area contributed by atoms with Crippen molar-refractivity contribution in [3.8, 4) is 0 Å². The van der Waals surface area contributed by atoms with Gasteiger partial charge in [-0.2, -0.15) is 5.10 Å². The first-order valence-corrected chi connectivity index (χ1v) is 11.7. The summed E-state index contributed by atoms with van der Waals surface area (Å²) in [6.45, 7) is 2.65. The van der Waals surface area contributed by atoms with Gasteiger partial charge in [-0.05, 0) is 72.1 Å². The van der Waals surface area contributed by atoms with Crippen molar-refractivity contribution >= 4 is 23.8 Å². The Hall–Kier alpha value is -4.21. The SMILES string of the molecule is CN1CCc2ccc(NC(=O)c3cccc(CNC(=O)c4ccc(CN(N)/C=N\N)cc4)c3)cc2C1. The van der Waals surface area contributed by atoms with Crippen LogP contribution in [0.5, 0.6) is 0 Å². The van der Waals surface area contributed by atoms with Crippen LogP contribution in [0.1, 0.15) is 43.0 Å². The molecule has 2 amide bonds. The fourth-order valence-electron chi connectivity index (χ4n) is 4.18. The number of nitrogens with one attached hydrogen (secondary N) is 2. The maximum atomic E-state index is 12.9. The molecule has 0 atom stereocenters. The molecule has 0 aliphatic carbocycles. The molecule has 4 rings (SSSR count). The van der Waals surface area contributed by atoms with Crippen LogP contribution in [0.4, 0.5) is 5.69 Å². The van der Waals surface area contributed by atoms with Gasteiger partial charge in [-0.25, -0.2) is 5.84 Å². The number of hydrazine groups is 1. The van der Waals surface area contributed by atoms with Crippen LogP contribution < -0.4 is 22.3 Å². The molecule has 0 saturated carbocycles. The molecule has 186 valence electrons. The summed E-state index contributed by atoms with van der Waals surface area (Å²) in [5, 5.41) is 10.6. The molecule has 36 heavy (non-hydrogen) atoms. The molecule has 3 aromatic carbocycles. The second-order valence-electron chi connectivity index (χ2n) is 8.94. The summed E-state index contributed by atoms with van der Waals surface area (Å²) in [6.07, 6.45) is 2.34. The lowest BCUT2D eigenvalue weighted by Gasteiger charge is -2.25. The van der Waals surface area contributed by atoms with Gasteiger partial charge in [0.15, 0.2) is 0 Å². The summed E-state index contributed by atoms with van der Waals surface area (Å²) < 4.78 is 0. The van der Waals surface area contributed by atoms with E-state index in [0.717, 1.165) is 36.3 Å². The van der Waals surface area contributed by atoms with E-state index in [1.54, 1.807) is 24.3 Å². The van der Waals surface area contributed by atoms with E-state index in [-0.39, 0.29) is 11.8 Å². The van der Waals surface area contributed by atoms with Crippen LogP contribution in [0, 0.1) is 0 Å². The van der Waals surface area contributed by atoms with Gasteiger partial charge in [0, 0.05) is 36.4 Å². The van der Waals surface area contributed by atoms with Crippen molar-refractivity contribution in [2.45, 2.75) is 26.1 Å². The van der Waals surface area contributed by atoms with Gasteiger partial charge in [0.05, 0.1) is 6.54 Å². The highest BCUT2D eigenvalue weighted by Crippen LogP contribution is 2.22. The molecule has 0 radical (unpaired) electrons. The van der Waals surface area contributed by atoms with Gasteiger partial charge in [-0.1, -0.05) is 30.3 Å². The molecule has 0 fully saturated rings. The molecule has 9 nitrogen and oxygen atoms in total. The molecular weight excluding hydrogens is 454 g/mol. The predicted octanol–water partition coefficient (Wildman–Crippen LogP) is 2.43. The fourth-order valence-corrected chi connectivity index (χ4v) is 4.18. The van der Waals surface area contributed by atoms with Crippen molar-refractivity contribution in [3.63, 3.8) is 0 Å². The third-order valence-electron chi connectivity index (χ3n) is 6.11. The summed E-state index contributed by atoms with van der Waals surface area (Å²) in [4.78, 5) is 27.7. The number of amides is 2. The first-order chi connectivity index (χ1) is 17.4. The highest BCUT2D eigenvalue weighted by Gasteiger charge is 2.15. The zero-order valence-electron chi connectivity index (χ0n) is 20.3. The van der Waals surface area contributed by atoms with E-state index >= 15 is 0 Å². The standard InChI is InChI=1S/C27H31N7O2/c1-33-12-11-21-9-10-25(14-24(21)17-33)32-27(36)23-4-2-3-20(13-23)15-30-26(35)22-7-5-19(6-8-22)16-34(29)18-31-28/h2-10,13-14,18H,11-12,15-17,28-29H2,1H3,(H,30,35)(H,32,36)/b31-18-. The Bertz CT molecular complexity index is 1260. The summed E-state index contributed by atoms with van der Waals surface area (Å²) >= 11 is 0. The number of carbonyl (C=O) groups excluding carboxylic acids is 2. The summed E-state index contributed by atoms with van der Waals surface area (Å²) in [6, 6.07) is 20.5. The van der Waals surface area contributed by atoms with E-state index in [1.165, 1.54) is 22.5 Å². The topological polar surface area (TPSA) is 129 Å². The van der Waals surface area contributed by atoms with Crippen molar-refractivity contribution in [2.24, 2.45) is 16.8 Å². The Morgan fingerprint density at radius 1 is 1.00 bits per heavy atom. The Morgan fingerprint density at radius 2 is 1.81 bits per heavy atom. The van der Waals surface area contributed by atoms with Gasteiger partial charge < -0.3 is 21.4 Å². The Kier molecular flexibility index (Phi) is 7.94. The van der Waals surface area contributed by atoms with Crippen LogP contribution in [0.15, 0.2) is 71.8 Å². The molecular formula is C27H31N7O2. The number of rotatable bonds is 8. The lowest BCUT2D eigenvalue weighted by Crippen LogP contribution is -2.29. The van der Waals surface area contributed by atoms with Gasteiger partial charge in [0.1, 0.15) is 6.34 Å². The van der Waals surface area contributed by atoms with E-state index in [1.807, 2.05) is 30.3 Å². The highest BCUT2D eigenvalue weighted by atomic mass is 16.2. The van der Waals surface area contributed by atoms with Crippen LogP contribution in [0.3, 0.4) is 0 Å². The fraction of sp³-hybridized carbons (Fsp3) is 0.222. The molecule has 9 heteroatoms. The predicted molar refractivity (Wildman–Crippen MR) is 141 cm³/mol. The van der Waals surface area contributed by atoms with Crippen molar-refractivity contribution in [2.75, 3.05) is 18.9 Å². The van der Waals surface area contributed by atoms with Crippen molar-refractivity contribution in [1.82, 2.24) is 15.2 Å². The molecule has 0 saturated heterocycles. The maximum absolute atomic E-state index is 12.9. The minimum Gasteiger partial charge on any atom is -0.348 e. The van der Waals surface area contributed by atoms with E-state index in [2.05, 4.69) is 39.8 Å². The Balaban J connectivity index is 1.34. The van der Waals surface area contributed by atoms with Crippen molar-refractivity contribution in [1.29, 1.82) is 0 Å². The van der Waals surface area contributed by atoms with Crippen LogP contribution in [0.2, 0.25) is 0 Å². The molecule has 1 aliphatic rings. The number of likely N-dealkylation sites (N-methyl/N-ethyl adjacent to an activating group) is 1. The molecule has 0 bridgehead atoms. The van der Waals surface area contributed by atoms with Gasteiger partial charge in [0.2, 0.25) is 0 Å². The van der Waals surface area contributed by atoms with Crippen LogP contribution in [-0.4, -0.2) is 41.7 Å². The zero-order valence-corrected chi connectivity index (χ0v) is 20.3. The monoisotopic (exact) mass is 485 g/mol. The average Bonchev–Trinajstić information content (AvgIpc) is 2.87. The summed E-state index contributed by atoms with van der Waals surface area (Å²) in [5.41, 5.74) is 6.18. The van der Waals surface area contributed by atoms with E-state index in [0.29, 0.717) is 24.2 Å². The quantitative estimate of drug-likeness (QED) is 0.168. The summed E-state index contributed by atoms with van der Waals surface area (Å²) in [7, 11) is 2.10. The number of anilines is 1. The number of nitrogens with zero attached hydrogens (tertiary/aromatic N) is 3. The molecule has 1 heterocycles. The van der Waals surface area contributed by atoms with Crippen molar-refractivity contribution in [3.05, 3.63) is 100 Å². The molecule has 3 aromatic rings. The largest absolute Gasteiger partial charge is 0.348 e. The third-order valence-corrected chi connectivity index (χ3v) is 6.11. The summed E-state index contributed by atoms with van der Waals surface area (Å²) in [5.74, 6) is 10.4. The minimum atomic E-state index is -0.205. The normalized spacial score (nSPS) is 13.3. The van der Waals surface area contributed by atoms with E-state index < -0.39 is 0 Å². The van der Waals surface area contributed by atoms with E-state index in [4.69, 9.17) is 11.7 Å². The van der Waals surface area contributed by atoms with Crippen LogP contribution >= 0.6 is 0 Å². The van der Waals surface area contributed by atoms with Crippen LogP contribution in [-0.2, 0) is 26.1 Å². The van der Waals surface area contributed by atoms with Crippen molar-refractivity contribution < 1.29 is 9.59 Å². The van der Waals surface area contributed by atoms with Gasteiger partial charge in [0.25, 0.3) is 11.8 Å². The first kappa shape index (κ1) is 24.9. The zero-order chi connectivity index (χ0) is 25.5. The number of hydrogen-bond donors (Lipinski definition) is 4. The van der Waals surface area contributed by atoms with Gasteiger partial charge >= 0.3 is 0 Å². The third kappa shape index (κ3) is 6.47. The Morgan fingerprint density at radius 3 is 2.58 bits per heavy atom. The highest BCUT2D eigenvalue weighted by molar-refractivity contribution is 6.04. The second-order valence-corrected chi connectivity index (χ2v) is 8.94. The van der Waals surface area contributed by atoms with Crippen LogP contribution in [0.25, 0.3) is 0 Å². The van der Waals surface area contributed by atoms with Gasteiger partial charge in [-0.15, -0.1) is 0 Å². The molecule has 6 N–H and O–H groups in total. The number of nitrogens with two attached hydrogens (primary N) is 2. The second kappa shape index (κ2) is 11.5. The van der Waals surface area contributed by atoms with Gasteiger partial charge in [-0.3, -0.25) is 14.6 Å². The minimum absolute atomic E-state index is 0.184. The maximum Gasteiger partial charge on any atom is 0.255 e. The number of benzene rings is 3.